The second-order valence-corrected chi connectivity index (χ2v) is 12.9. The van der Waals surface area contributed by atoms with Crippen LogP contribution in [-0.2, 0) is 14.3 Å². The van der Waals surface area contributed by atoms with Crippen molar-refractivity contribution in [3.63, 3.8) is 0 Å². The molecular weight excluding hydrogens is 692 g/mol. The molecule has 2 aliphatic rings. The minimum absolute atomic E-state index is 0.0972. The number of benzene rings is 1. The Bertz CT molecular complexity index is 1150. The van der Waals surface area contributed by atoms with Crippen molar-refractivity contribution in [1.29, 1.82) is 0 Å². The fourth-order valence-corrected chi connectivity index (χ4v) is 4.35. The molecule has 2 aromatic rings. The minimum atomic E-state index is -1.93. The molecule has 0 bridgehead atoms. The highest BCUT2D eigenvalue weighted by molar-refractivity contribution is 14.2. The summed E-state index contributed by atoms with van der Waals surface area (Å²) in [7, 11) is 0. The highest BCUT2D eigenvalue weighted by atomic mass is 127. The summed E-state index contributed by atoms with van der Waals surface area (Å²) in [4.78, 5) is 44.8. The Balaban J connectivity index is 1.48. The lowest BCUT2D eigenvalue weighted by atomic mass is 10.1. The molecule has 0 unspecified atom stereocenters. The summed E-state index contributed by atoms with van der Waals surface area (Å²) >= 11 is 2.97. The van der Waals surface area contributed by atoms with Crippen molar-refractivity contribution >= 4 is 74.5 Å². The first-order valence-electron chi connectivity index (χ1n) is 10.6. The quantitative estimate of drug-likeness (QED) is 0.365. The molecule has 186 valence electrons. The van der Waals surface area contributed by atoms with E-state index in [1.54, 1.807) is 6.92 Å². The summed E-state index contributed by atoms with van der Waals surface area (Å²) in [5, 5.41) is 2.69. The van der Waals surface area contributed by atoms with Crippen LogP contribution in [0.5, 0.6) is 5.75 Å². The number of pyridine rings is 1. The van der Waals surface area contributed by atoms with E-state index >= 15 is 0 Å². The number of hydrogen-bond donors (Lipinski definition) is 1. The lowest BCUT2D eigenvalue weighted by Gasteiger charge is -2.27. The van der Waals surface area contributed by atoms with E-state index < -0.39 is 25.5 Å². The zero-order valence-electron chi connectivity index (χ0n) is 18.3. The second kappa shape index (κ2) is 10.5. The number of alkyl halides is 3. The van der Waals surface area contributed by atoms with Gasteiger partial charge in [-0.05, 0) is 36.4 Å². The Hall–Kier alpha value is -2.14. The number of carbonyl (C=O) groups is 3. The molecule has 2 fully saturated rings. The summed E-state index contributed by atoms with van der Waals surface area (Å²) in [6, 6.07) is 7.43. The number of nitrogens with zero attached hydrogens (tertiary/aromatic N) is 3. The predicted octanol–water partition coefficient (Wildman–Crippen LogP) is 3.19. The second-order valence-electron chi connectivity index (χ2n) is 8.02. The first kappa shape index (κ1) is 25.9. The summed E-state index contributed by atoms with van der Waals surface area (Å²) < 4.78 is 36.6. The van der Waals surface area contributed by atoms with Gasteiger partial charge in [0.1, 0.15) is 24.2 Å². The number of aromatic nitrogens is 1. The number of amides is 3. The first-order valence-corrected chi connectivity index (χ1v) is 12.7. The monoisotopic (exact) mass is 712 g/mol. The third-order valence-corrected chi connectivity index (χ3v) is 5.98. The van der Waals surface area contributed by atoms with Gasteiger partial charge >= 0.3 is 1.87 Å². The van der Waals surface area contributed by atoms with Crippen LogP contribution >= 0.6 is 45.2 Å². The summed E-state index contributed by atoms with van der Waals surface area (Å²) in [5.74, 6) is -2.13. The zero-order chi connectivity index (χ0) is 25.3. The molecular formula is C22H20F2I2N4O5. The van der Waals surface area contributed by atoms with Gasteiger partial charge in [0.2, 0.25) is 0 Å². The van der Waals surface area contributed by atoms with E-state index in [1.165, 1.54) is 85.3 Å². The number of morpholine rings is 1. The van der Waals surface area contributed by atoms with Crippen LogP contribution in [0.1, 0.15) is 17.3 Å². The van der Waals surface area contributed by atoms with Gasteiger partial charge in [0, 0.05) is 63.2 Å². The molecule has 1 aromatic heterocycles. The molecule has 0 aliphatic carbocycles. The lowest BCUT2D eigenvalue weighted by molar-refractivity contribution is -0.125. The van der Waals surface area contributed by atoms with Gasteiger partial charge < -0.3 is 14.8 Å². The van der Waals surface area contributed by atoms with Crippen LogP contribution in [0.2, 0.25) is 0 Å². The van der Waals surface area contributed by atoms with Crippen LogP contribution in [0.25, 0.3) is 0 Å². The smallest absolute Gasteiger partial charge is 0.350 e. The molecule has 0 saturated carbocycles. The molecule has 3 amide bonds. The van der Waals surface area contributed by atoms with Gasteiger partial charge in [-0.25, -0.2) is 9.37 Å². The van der Waals surface area contributed by atoms with Crippen LogP contribution in [0, 0.1) is 11.7 Å². The molecule has 2 atom stereocenters. The van der Waals surface area contributed by atoms with Crippen molar-refractivity contribution in [2.75, 3.05) is 36.1 Å². The molecule has 3 heterocycles. The van der Waals surface area contributed by atoms with Crippen molar-refractivity contribution in [1.82, 2.24) is 10.3 Å². The van der Waals surface area contributed by atoms with Crippen LogP contribution in [0.4, 0.5) is 20.4 Å². The van der Waals surface area contributed by atoms with Crippen LogP contribution in [0.15, 0.2) is 36.4 Å². The fraction of sp³-hybridized carbons (Fsp3) is 0.364. The van der Waals surface area contributed by atoms with E-state index in [-0.39, 0.29) is 54.5 Å². The van der Waals surface area contributed by atoms with Crippen molar-refractivity contribution in [3.8, 4) is 5.75 Å². The van der Waals surface area contributed by atoms with Gasteiger partial charge in [-0.3, -0.25) is 24.2 Å². The first-order chi connectivity index (χ1) is 16.5. The molecule has 35 heavy (non-hydrogen) atoms. The van der Waals surface area contributed by atoms with Crippen LogP contribution in [0.3, 0.4) is 0 Å². The number of anilines is 2. The number of halogens is 4. The molecule has 0 spiro atoms. The number of nitrogens with one attached hydrogen (secondary N) is 1. The molecule has 4 rings (SSSR count). The van der Waals surface area contributed by atoms with Gasteiger partial charge in [0.25, 0.3) is 17.7 Å². The summed E-state index contributed by atoms with van der Waals surface area (Å²) in [6.07, 6.45) is 0. The SMILES string of the molecule is C[C@@H]1CN(c2nc(N3CCOCC3=O)ccc2F)C(=O)[C@H]1NC(=O)c1ccc(OC(F)(I)I)cc1. The maximum Gasteiger partial charge on any atom is 0.350 e. The van der Waals surface area contributed by atoms with E-state index in [9.17, 15) is 23.2 Å². The van der Waals surface area contributed by atoms with E-state index in [1.807, 2.05) is 0 Å². The summed E-state index contributed by atoms with van der Waals surface area (Å²) in [5.41, 5.74) is 0.249. The highest BCUT2D eigenvalue weighted by Gasteiger charge is 2.41. The van der Waals surface area contributed by atoms with Gasteiger partial charge in [-0.15, -0.1) is 0 Å². The normalized spacial score (nSPS) is 20.8. The van der Waals surface area contributed by atoms with Crippen molar-refractivity contribution in [3.05, 3.63) is 47.8 Å². The van der Waals surface area contributed by atoms with Gasteiger partial charge in [0.15, 0.2) is 11.6 Å². The molecule has 13 heteroatoms. The standard InChI is InChI=1S/C22H20F2I2N4O5/c1-12-10-30(19-15(23)6-7-16(27-19)29-8-9-34-11-17(29)31)21(33)18(12)28-20(32)13-2-4-14(5-3-13)35-22(24,25)26/h2-7,12,18H,8-11H2,1H3,(H,28,32)/t12-,18+/m1/s1. The predicted molar refractivity (Wildman–Crippen MR) is 139 cm³/mol. The van der Waals surface area contributed by atoms with Gasteiger partial charge in [0.05, 0.1) is 13.2 Å². The van der Waals surface area contributed by atoms with E-state index in [0.717, 1.165) is 6.07 Å². The third kappa shape index (κ3) is 5.99. The topological polar surface area (TPSA) is 101 Å². The Kier molecular flexibility index (Phi) is 7.75. The van der Waals surface area contributed by atoms with Crippen molar-refractivity contribution in [2.45, 2.75) is 14.8 Å². The molecule has 1 aromatic carbocycles. The van der Waals surface area contributed by atoms with E-state index in [2.05, 4.69) is 10.3 Å². The fourth-order valence-electron chi connectivity index (χ4n) is 3.84. The van der Waals surface area contributed by atoms with Crippen LogP contribution < -0.4 is 19.9 Å². The Morgan fingerprint density at radius 1 is 1.20 bits per heavy atom. The minimum Gasteiger partial charge on any atom is -0.442 e. The number of ether oxygens (including phenoxy) is 2. The largest absolute Gasteiger partial charge is 0.442 e. The maximum absolute atomic E-state index is 14.7. The molecule has 9 nitrogen and oxygen atoms in total. The maximum atomic E-state index is 14.7. The van der Waals surface area contributed by atoms with Crippen molar-refractivity contribution < 1.29 is 32.6 Å². The Labute approximate surface area is 226 Å². The van der Waals surface area contributed by atoms with E-state index in [4.69, 9.17) is 9.47 Å². The average Bonchev–Trinajstić information content (AvgIpc) is 3.07. The van der Waals surface area contributed by atoms with E-state index in [0.29, 0.717) is 6.61 Å². The lowest BCUT2D eigenvalue weighted by Crippen LogP contribution is -2.44. The number of hydrogen-bond acceptors (Lipinski definition) is 6. The number of rotatable bonds is 6. The zero-order valence-corrected chi connectivity index (χ0v) is 22.7. The molecule has 2 saturated heterocycles. The summed E-state index contributed by atoms with van der Waals surface area (Å²) in [6.45, 7) is 2.39. The van der Waals surface area contributed by atoms with Gasteiger partial charge in [-0.1, -0.05) is 6.92 Å². The average molecular weight is 712 g/mol. The molecule has 2 aliphatic heterocycles. The Morgan fingerprint density at radius 3 is 2.57 bits per heavy atom. The number of carbonyl (C=O) groups excluding carboxylic acids is 3. The molecule has 0 radical (unpaired) electrons. The Morgan fingerprint density at radius 2 is 1.91 bits per heavy atom. The van der Waals surface area contributed by atoms with Crippen LogP contribution in [-0.4, -0.2) is 56.9 Å². The third-order valence-electron chi connectivity index (χ3n) is 5.54. The van der Waals surface area contributed by atoms with Crippen molar-refractivity contribution in [2.24, 2.45) is 5.92 Å². The molecule has 1 N–H and O–H groups in total. The van der Waals surface area contributed by atoms with Gasteiger partial charge in [-0.2, -0.15) is 4.39 Å². The highest BCUT2D eigenvalue weighted by Crippen LogP contribution is 2.33.